The van der Waals surface area contributed by atoms with Crippen molar-refractivity contribution in [3.63, 3.8) is 0 Å². The van der Waals surface area contributed by atoms with Crippen molar-refractivity contribution in [3.05, 3.63) is 76.5 Å². The number of esters is 1. The molecule has 1 N–H and O–H groups in total. The van der Waals surface area contributed by atoms with E-state index >= 15 is 0 Å². The summed E-state index contributed by atoms with van der Waals surface area (Å²) in [6.45, 7) is 3.56. The molecule has 162 valence electrons. The first kappa shape index (κ1) is 22.7. The summed E-state index contributed by atoms with van der Waals surface area (Å²) in [7, 11) is -2.11. The van der Waals surface area contributed by atoms with Crippen molar-refractivity contribution < 1.29 is 22.7 Å². The number of benzene rings is 2. The highest BCUT2D eigenvalue weighted by molar-refractivity contribution is 7.89. The van der Waals surface area contributed by atoms with Crippen LogP contribution in [0.25, 0.3) is 0 Å². The fourth-order valence-corrected chi connectivity index (χ4v) is 4.57. The zero-order chi connectivity index (χ0) is 22.6. The third-order valence-corrected chi connectivity index (χ3v) is 7.48. The molecule has 0 atom stereocenters. The van der Waals surface area contributed by atoms with Gasteiger partial charge in [0.15, 0.2) is 0 Å². The largest absolute Gasteiger partial charge is 0.423 e. The number of sulfonamides is 1. The number of ether oxygens (including phenoxy) is 1. The van der Waals surface area contributed by atoms with Gasteiger partial charge in [-0.15, -0.1) is 11.3 Å². The minimum atomic E-state index is -3.62. The minimum absolute atomic E-state index is 0.103. The van der Waals surface area contributed by atoms with E-state index in [-0.39, 0.29) is 22.4 Å². The van der Waals surface area contributed by atoms with Crippen molar-refractivity contribution in [2.24, 2.45) is 0 Å². The predicted molar refractivity (Wildman–Crippen MR) is 120 cm³/mol. The average Bonchev–Trinajstić information content (AvgIpc) is 3.29. The van der Waals surface area contributed by atoms with Crippen LogP contribution in [0.1, 0.15) is 33.9 Å². The first-order valence-corrected chi connectivity index (χ1v) is 11.8. The van der Waals surface area contributed by atoms with E-state index in [0.29, 0.717) is 16.3 Å². The lowest BCUT2D eigenvalue weighted by atomic mass is 10.2. The van der Waals surface area contributed by atoms with E-state index in [0.717, 1.165) is 0 Å². The van der Waals surface area contributed by atoms with Crippen LogP contribution in [-0.4, -0.2) is 37.7 Å². The highest BCUT2D eigenvalue weighted by Crippen LogP contribution is 2.21. The van der Waals surface area contributed by atoms with Crippen LogP contribution in [0, 0.1) is 0 Å². The summed E-state index contributed by atoms with van der Waals surface area (Å²) in [5.41, 5.74) is 0.795. The average molecular weight is 459 g/mol. The standard InChI is InChI=1S/C22H22N2O5S2/c1-15(2)24(3)31(27,28)19-12-6-16(7-13-19)22(26)29-18-10-8-17(9-11-18)23-21(25)20-5-4-14-30-20/h4-15H,1-3H3,(H,23,25). The lowest BCUT2D eigenvalue weighted by molar-refractivity contribution is 0.0734. The molecule has 3 aromatic rings. The number of nitrogens with one attached hydrogen (secondary N) is 1. The molecule has 3 rings (SSSR count). The lowest BCUT2D eigenvalue weighted by Gasteiger charge is -2.20. The number of anilines is 1. The first-order chi connectivity index (χ1) is 14.7. The van der Waals surface area contributed by atoms with Crippen molar-refractivity contribution in [3.8, 4) is 5.75 Å². The molecule has 9 heteroatoms. The molecule has 0 unspecified atom stereocenters. The van der Waals surface area contributed by atoms with Gasteiger partial charge in [-0.05, 0) is 73.8 Å². The Morgan fingerprint density at radius 2 is 1.65 bits per heavy atom. The summed E-state index contributed by atoms with van der Waals surface area (Å²) in [6.07, 6.45) is 0. The van der Waals surface area contributed by atoms with E-state index in [2.05, 4.69) is 5.32 Å². The molecule has 1 amide bonds. The lowest BCUT2D eigenvalue weighted by Crippen LogP contribution is -2.33. The van der Waals surface area contributed by atoms with Gasteiger partial charge in [-0.25, -0.2) is 13.2 Å². The van der Waals surface area contributed by atoms with E-state index in [4.69, 9.17) is 4.74 Å². The highest BCUT2D eigenvalue weighted by atomic mass is 32.2. The Morgan fingerprint density at radius 1 is 1.00 bits per heavy atom. The summed E-state index contributed by atoms with van der Waals surface area (Å²) < 4.78 is 31.6. The Bertz CT molecular complexity index is 1150. The molecule has 0 spiro atoms. The van der Waals surface area contributed by atoms with Gasteiger partial charge >= 0.3 is 5.97 Å². The number of rotatable bonds is 7. The summed E-state index contributed by atoms with van der Waals surface area (Å²) in [5.74, 6) is -0.523. The molecule has 2 aromatic carbocycles. The van der Waals surface area contributed by atoms with Crippen molar-refractivity contribution in [2.75, 3.05) is 12.4 Å². The Labute approximate surface area is 185 Å². The molecule has 0 saturated carbocycles. The fraction of sp³-hybridized carbons (Fsp3) is 0.182. The van der Waals surface area contributed by atoms with Crippen LogP contribution >= 0.6 is 11.3 Å². The van der Waals surface area contributed by atoms with E-state index in [1.54, 1.807) is 50.2 Å². The van der Waals surface area contributed by atoms with Crippen LogP contribution in [0.15, 0.2) is 70.9 Å². The van der Waals surface area contributed by atoms with Gasteiger partial charge in [0, 0.05) is 18.8 Å². The highest BCUT2D eigenvalue weighted by Gasteiger charge is 2.23. The van der Waals surface area contributed by atoms with Crippen molar-refractivity contribution in [1.29, 1.82) is 0 Å². The number of thiophene rings is 1. The topological polar surface area (TPSA) is 92.8 Å². The zero-order valence-corrected chi connectivity index (χ0v) is 18.9. The SMILES string of the molecule is CC(C)N(C)S(=O)(=O)c1ccc(C(=O)Oc2ccc(NC(=O)c3cccs3)cc2)cc1. The minimum Gasteiger partial charge on any atom is -0.423 e. The molecule has 0 aliphatic heterocycles. The number of carbonyl (C=O) groups is 2. The maximum absolute atomic E-state index is 12.5. The second-order valence-corrected chi connectivity index (χ2v) is 9.93. The van der Waals surface area contributed by atoms with Gasteiger partial charge in [0.05, 0.1) is 15.3 Å². The van der Waals surface area contributed by atoms with Gasteiger partial charge in [0.1, 0.15) is 5.75 Å². The number of nitrogens with zero attached hydrogens (tertiary/aromatic N) is 1. The van der Waals surface area contributed by atoms with Crippen molar-refractivity contribution in [1.82, 2.24) is 4.31 Å². The van der Waals surface area contributed by atoms with Crippen molar-refractivity contribution >= 4 is 38.9 Å². The molecule has 1 aromatic heterocycles. The number of hydrogen-bond donors (Lipinski definition) is 1. The molecule has 0 bridgehead atoms. The van der Waals surface area contributed by atoms with Crippen LogP contribution in [0.4, 0.5) is 5.69 Å². The monoisotopic (exact) mass is 458 g/mol. The predicted octanol–water partition coefficient (Wildman–Crippen LogP) is 4.25. The molecular formula is C22H22N2O5S2. The smallest absolute Gasteiger partial charge is 0.343 e. The van der Waals surface area contributed by atoms with Gasteiger partial charge in [0.25, 0.3) is 5.91 Å². The fourth-order valence-electron chi connectivity index (χ4n) is 2.58. The Hall–Kier alpha value is -3.01. The van der Waals surface area contributed by atoms with Gasteiger partial charge in [-0.1, -0.05) is 6.07 Å². The molecule has 0 radical (unpaired) electrons. The second kappa shape index (κ2) is 9.42. The Morgan fingerprint density at radius 3 is 2.19 bits per heavy atom. The van der Waals surface area contributed by atoms with Crippen LogP contribution in [-0.2, 0) is 10.0 Å². The normalized spacial score (nSPS) is 11.5. The molecule has 31 heavy (non-hydrogen) atoms. The zero-order valence-electron chi connectivity index (χ0n) is 17.2. The summed E-state index contributed by atoms with van der Waals surface area (Å²) in [5, 5.41) is 4.59. The van der Waals surface area contributed by atoms with Crippen LogP contribution in [0.2, 0.25) is 0 Å². The summed E-state index contributed by atoms with van der Waals surface area (Å²) in [4.78, 5) is 25.2. The molecule has 0 saturated heterocycles. The third kappa shape index (κ3) is 5.38. The molecule has 0 aliphatic rings. The van der Waals surface area contributed by atoms with Gasteiger partial charge in [-0.3, -0.25) is 4.79 Å². The molecule has 7 nitrogen and oxygen atoms in total. The number of carbonyl (C=O) groups excluding carboxylic acids is 2. The number of amides is 1. The van der Waals surface area contributed by atoms with Crippen molar-refractivity contribution in [2.45, 2.75) is 24.8 Å². The van der Waals surface area contributed by atoms with Gasteiger partial charge in [0.2, 0.25) is 10.0 Å². The second-order valence-electron chi connectivity index (χ2n) is 6.98. The molecule has 0 aliphatic carbocycles. The van der Waals surface area contributed by atoms with E-state index in [1.807, 2.05) is 5.38 Å². The maximum atomic E-state index is 12.5. The first-order valence-electron chi connectivity index (χ1n) is 9.43. The van der Waals surface area contributed by atoms with Crippen LogP contribution in [0.5, 0.6) is 5.75 Å². The maximum Gasteiger partial charge on any atom is 0.343 e. The third-order valence-electron chi connectivity index (χ3n) is 4.56. The number of hydrogen-bond acceptors (Lipinski definition) is 6. The van der Waals surface area contributed by atoms with E-state index in [9.17, 15) is 18.0 Å². The van der Waals surface area contributed by atoms with Crippen LogP contribution in [0.3, 0.4) is 0 Å². The summed E-state index contributed by atoms with van der Waals surface area (Å²) >= 11 is 1.34. The van der Waals surface area contributed by atoms with Gasteiger partial charge in [-0.2, -0.15) is 4.31 Å². The quantitative estimate of drug-likeness (QED) is 0.422. The van der Waals surface area contributed by atoms with Crippen LogP contribution < -0.4 is 10.1 Å². The van der Waals surface area contributed by atoms with E-state index in [1.165, 1.54) is 47.0 Å². The van der Waals surface area contributed by atoms with E-state index < -0.39 is 16.0 Å². The Kier molecular flexibility index (Phi) is 6.89. The molecule has 1 heterocycles. The molecule has 0 fully saturated rings. The molecular weight excluding hydrogens is 436 g/mol. The Balaban J connectivity index is 1.64. The summed E-state index contributed by atoms with van der Waals surface area (Å²) in [6, 6.07) is 15.3. The van der Waals surface area contributed by atoms with Gasteiger partial charge < -0.3 is 10.1 Å².